The average molecular weight is 268 g/mol. The highest BCUT2D eigenvalue weighted by atomic mass is 32.2. The van der Waals surface area contributed by atoms with Crippen LogP contribution in [-0.2, 0) is 0 Å². The molecule has 0 aliphatic heterocycles. The second-order valence-corrected chi connectivity index (χ2v) is 5.80. The topological polar surface area (TPSA) is 73.1 Å². The fourth-order valence-corrected chi connectivity index (χ4v) is 2.40. The van der Waals surface area contributed by atoms with Crippen molar-refractivity contribution in [3.05, 3.63) is 6.33 Å². The van der Waals surface area contributed by atoms with Gasteiger partial charge in [-0.3, -0.25) is 0 Å². The molecule has 0 spiro atoms. The Bertz CT molecular complexity index is 409. The Morgan fingerprint density at radius 3 is 2.89 bits per heavy atom. The molecule has 100 valence electrons. The summed E-state index contributed by atoms with van der Waals surface area (Å²) in [5, 5.41) is 3.31. The maximum Gasteiger partial charge on any atom is 0.242 e. The molecule has 1 heterocycles. The molecule has 1 aromatic heterocycles. The van der Waals surface area contributed by atoms with Crippen molar-refractivity contribution in [3.63, 3.8) is 0 Å². The third-order valence-electron chi connectivity index (χ3n) is 3.11. The smallest absolute Gasteiger partial charge is 0.242 e. The van der Waals surface area contributed by atoms with Gasteiger partial charge in [0.05, 0.1) is 6.61 Å². The highest BCUT2D eigenvalue weighted by molar-refractivity contribution is 8.00. The van der Waals surface area contributed by atoms with E-state index in [2.05, 4.69) is 21.5 Å². The first kappa shape index (κ1) is 13.3. The van der Waals surface area contributed by atoms with Crippen molar-refractivity contribution >= 4 is 23.3 Å². The molecule has 0 amide bonds. The molecule has 1 fully saturated rings. The maximum atomic E-state index is 6.00. The molecule has 3 N–H and O–H groups in total. The SMILES string of the molecule is CCCOc1ncnc(NCC2(SC)CC2)c1N. The van der Waals surface area contributed by atoms with E-state index < -0.39 is 0 Å². The normalized spacial score (nSPS) is 16.3. The molecule has 0 unspecified atom stereocenters. The number of aromatic nitrogens is 2. The number of nitrogens with one attached hydrogen (secondary N) is 1. The summed E-state index contributed by atoms with van der Waals surface area (Å²) in [5.74, 6) is 1.15. The summed E-state index contributed by atoms with van der Waals surface area (Å²) in [6.07, 6.45) is 7.08. The van der Waals surface area contributed by atoms with Crippen LogP contribution >= 0.6 is 11.8 Å². The summed E-state index contributed by atoms with van der Waals surface area (Å²) in [7, 11) is 0. The minimum Gasteiger partial charge on any atom is -0.476 e. The van der Waals surface area contributed by atoms with Crippen LogP contribution in [0.2, 0.25) is 0 Å². The molecular weight excluding hydrogens is 248 g/mol. The summed E-state index contributed by atoms with van der Waals surface area (Å²) >= 11 is 1.90. The molecule has 1 aromatic rings. The third-order valence-corrected chi connectivity index (χ3v) is 4.53. The van der Waals surface area contributed by atoms with Gasteiger partial charge in [0.25, 0.3) is 0 Å². The minimum absolute atomic E-state index is 0.377. The number of anilines is 2. The zero-order chi connectivity index (χ0) is 13.0. The predicted octanol–water partition coefficient (Wildman–Crippen LogP) is 2.16. The van der Waals surface area contributed by atoms with Crippen molar-refractivity contribution in [1.29, 1.82) is 0 Å². The minimum atomic E-state index is 0.377. The predicted molar refractivity (Wildman–Crippen MR) is 76.2 cm³/mol. The van der Waals surface area contributed by atoms with E-state index in [9.17, 15) is 0 Å². The molecule has 6 heteroatoms. The number of thioether (sulfide) groups is 1. The van der Waals surface area contributed by atoms with Crippen LogP contribution in [0.3, 0.4) is 0 Å². The Kier molecular flexibility index (Phi) is 4.16. The Morgan fingerprint density at radius 2 is 2.28 bits per heavy atom. The zero-order valence-electron chi connectivity index (χ0n) is 10.9. The summed E-state index contributed by atoms with van der Waals surface area (Å²) in [4.78, 5) is 8.23. The standard InChI is InChI=1S/C12H20N4OS/c1-3-6-17-11-9(13)10(15-8-16-11)14-7-12(18-2)4-5-12/h8H,3-7,13H2,1-2H3,(H,14,15,16). The molecule has 1 saturated carbocycles. The number of ether oxygens (including phenoxy) is 1. The lowest BCUT2D eigenvalue weighted by atomic mass is 10.4. The van der Waals surface area contributed by atoms with E-state index in [1.54, 1.807) is 0 Å². The third kappa shape index (κ3) is 2.98. The summed E-state index contributed by atoms with van der Waals surface area (Å²) in [6, 6.07) is 0. The van der Waals surface area contributed by atoms with Gasteiger partial charge in [-0.25, -0.2) is 4.98 Å². The van der Waals surface area contributed by atoms with E-state index in [0.29, 0.717) is 28.7 Å². The molecule has 0 bridgehead atoms. The second-order valence-electron chi connectivity index (χ2n) is 4.53. The Morgan fingerprint density at radius 1 is 1.50 bits per heavy atom. The van der Waals surface area contributed by atoms with Gasteiger partial charge in [-0.05, 0) is 25.5 Å². The van der Waals surface area contributed by atoms with Gasteiger partial charge in [-0.1, -0.05) is 6.92 Å². The van der Waals surface area contributed by atoms with Gasteiger partial charge in [0.15, 0.2) is 5.82 Å². The molecule has 1 aliphatic carbocycles. The molecule has 18 heavy (non-hydrogen) atoms. The van der Waals surface area contributed by atoms with Crippen LogP contribution in [0.4, 0.5) is 11.5 Å². The quantitative estimate of drug-likeness (QED) is 0.789. The Labute approximate surface area is 112 Å². The monoisotopic (exact) mass is 268 g/mol. The molecule has 2 rings (SSSR count). The number of nitrogen functional groups attached to an aromatic ring is 1. The number of hydrogen-bond donors (Lipinski definition) is 2. The lowest BCUT2D eigenvalue weighted by Gasteiger charge is -2.15. The van der Waals surface area contributed by atoms with Crippen molar-refractivity contribution in [3.8, 4) is 5.88 Å². The van der Waals surface area contributed by atoms with Gasteiger partial charge in [-0.2, -0.15) is 16.7 Å². The van der Waals surface area contributed by atoms with E-state index >= 15 is 0 Å². The number of hydrogen-bond acceptors (Lipinski definition) is 6. The first-order valence-electron chi connectivity index (χ1n) is 6.23. The van der Waals surface area contributed by atoms with Crippen LogP contribution in [0.1, 0.15) is 26.2 Å². The number of nitrogens with two attached hydrogens (primary N) is 1. The summed E-state index contributed by atoms with van der Waals surface area (Å²) in [5.41, 5.74) is 6.50. The van der Waals surface area contributed by atoms with Gasteiger partial charge in [0.1, 0.15) is 12.0 Å². The van der Waals surface area contributed by atoms with Crippen molar-refractivity contribution in [2.24, 2.45) is 0 Å². The fourth-order valence-electron chi connectivity index (χ4n) is 1.67. The van der Waals surface area contributed by atoms with Gasteiger partial charge in [0, 0.05) is 11.3 Å². The van der Waals surface area contributed by atoms with Crippen LogP contribution < -0.4 is 15.8 Å². The van der Waals surface area contributed by atoms with Crippen LogP contribution in [0.5, 0.6) is 5.88 Å². The highest BCUT2D eigenvalue weighted by Crippen LogP contribution is 2.47. The first-order chi connectivity index (χ1) is 8.71. The second kappa shape index (κ2) is 5.65. The van der Waals surface area contributed by atoms with E-state index in [1.165, 1.54) is 19.2 Å². The number of rotatable bonds is 7. The fraction of sp³-hybridized carbons (Fsp3) is 0.667. The average Bonchev–Trinajstić information content (AvgIpc) is 3.17. The van der Waals surface area contributed by atoms with Crippen molar-refractivity contribution < 1.29 is 4.74 Å². The van der Waals surface area contributed by atoms with Crippen LogP contribution in [0, 0.1) is 0 Å². The van der Waals surface area contributed by atoms with Crippen LogP contribution in [0.15, 0.2) is 6.33 Å². The van der Waals surface area contributed by atoms with E-state index in [1.807, 2.05) is 18.7 Å². The molecule has 0 saturated heterocycles. The maximum absolute atomic E-state index is 6.00. The van der Waals surface area contributed by atoms with Gasteiger partial charge >= 0.3 is 0 Å². The number of nitrogens with zero attached hydrogens (tertiary/aromatic N) is 2. The Hall–Kier alpha value is -1.17. The first-order valence-corrected chi connectivity index (χ1v) is 7.45. The van der Waals surface area contributed by atoms with Crippen molar-refractivity contribution in [2.45, 2.75) is 30.9 Å². The van der Waals surface area contributed by atoms with Crippen molar-refractivity contribution in [2.75, 3.05) is 30.5 Å². The highest BCUT2D eigenvalue weighted by Gasteiger charge is 2.41. The Balaban J connectivity index is 1.99. The zero-order valence-corrected chi connectivity index (χ0v) is 11.7. The summed E-state index contributed by atoms with van der Waals surface area (Å²) < 4.78 is 5.86. The van der Waals surface area contributed by atoms with Crippen molar-refractivity contribution in [1.82, 2.24) is 9.97 Å². The molecule has 0 aromatic carbocycles. The van der Waals surface area contributed by atoms with Gasteiger partial charge in [-0.15, -0.1) is 0 Å². The molecular formula is C12H20N4OS. The molecule has 0 radical (unpaired) electrons. The molecule has 1 aliphatic rings. The lowest BCUT2D eigenvalue weighted by Crippen LogP contribution is -2.19. The van der Waals surface area contributed by atoms with E-state index in [0.717, 1.165) is 13.0 Å². The van der Waals surface area contributed by atoms with E-state index in [4.69, 9.17) is 10.5 Å². The molecule has 0 atom stereocenters. The van der Waals surface area contributed by atoms with Gasteiger partial charge < -0.3 is 15.8 Å². The lowest BCUT2D eigenvalue weighted by molar-refractivity contribution is 0.306. The van der Waals surface area contributed by atoms with Crippen LogP contribution in [-0.4, -0.2) is 34.1 Å². The summed E-state index contributed by atoms with van der Waals surface area (Å²) in [6.45, 7) is 3.56. The van der Waals surface area contributed by atoms with Gasteiger partial charge in [0.2, 0.25) is 5.88 Å². The van der Waals surface area contributed by atoms with E-state index in [-0.39, 0.29) is 0 Å². The molecule has 5 nitrogen and oxygen atoms in total. The van der Waals surface area contributed by atoms with Crippen LogP contribution in [0.25, 0.3) is 0 Å². The largest absolute Gasteiger partial charge is 0.476 e.